The molecule has 0 bridgehead atoms. The maximum atomic E-state index is 3.70. The van der Waals surface area contributed by atoms with Gasteiger partial charge in [-0.1, -0.05) is 46.0 Å². The minimum atomic E-state index is 0.510. The van der Waals surface area contributed by atoms with Crippen LogP contribution in [0, 0.1) is 5.41 Å². The second kappa shape index (κ2) is 5.37. The van der Waals surface area contributed by atoms with Crippen LogP contribution in [0.3, 0.4) is 0 Å². The van der Waals surface area contributed by atoms with E-state index in [2.05, 4.69) is 24.1 Å². The van der Waals surface area contributed by atoms with Crippen molar-refractivity contribution in [2.45, 2.75) is 83.2 Å². The highest BCUT2D eigenvalue weighted by Crippen LogP contribution is 2.44. The molecule has 3 fully saturated rings. The van der Waals surface area contributed by atoms with Crippen LogP contribution in [0.4, 0.5) is 0 Å². The highest BCUT2D eigenvalue weighted by atomic mass is 15.3. The van der Waals surface area contributed by atoms with Crippen LogP contribution in [0.2, 0.25) is 0 Å². The summed E-state index contributed by atoms with van der Waals surface area (Å²) in [5.74, 6) is 0. The zero-order valence-electron chi connectivity index (χ0n) is 13.0. The molecule has 0 aromatic heterocycles. The lowest BCUT2D eigenvalue weighted by atomic mass is 9.69. The fourth-order valence-corrected chi connectivity index (χ4v) is 5.07. The number of hydrogen-bond donors (Lipinski definition) is 1. The lowest BCUT2D eigenvalue weighted by molar-refractivity contribution is -0.0620. The number of hydrogen-bond acceptors (Lipinski definition) is 2. The van der Waals surface area contributed by atoms with Gasteiger partial charge in [0.1, 0.15) is 0 Å². The topological polar surface area (TPSA) is 15.3 Å². The average Bonchev–Trinajstić information content (AvgIpc) is 2.41. The second-order valence-electron chi connectivity index (χ2n) is 7.91. The summed E-state index contributed by atoms with van der Waals surface area (Å²) in [5, 5.41) is 3.70. The Balaban J connectivity index is 1.83. The third kappa shape index (κ3) is 2.58. The molecule has 3 aliphatic rings. The minimum absolute atomic E-state index is 0.510. The van der Waals surface area contributed by atoms with E-state index in [-0.39, 0.29) is 0 Å². The van der Waals surface area contributed by atoms with E-state index in [9.17, 15) is 0 Å². The molecule has 2 aliphatic carbocycles. The molecular formula is C17H32N2. The predicted molar refractivity (Wildman–Crippen MR) is 81.4 cm³/mol. The van der Waals surface area contributed by atoms with Crippen molar-refractivity contribution in [2.75, 3.05) is 19.6 Å². The lowest BCUT2D eigenvalue weighted by Gasteiger charge is -2.57. The van der Waals surface area contributed by atoms with Crippen LogP contribution in [-0.4, -0.2) is 36.1 Å². The van der Waals surface area contributed by atoms with Crippen molar-refractivity contribution < 1.29 is 0 Å². The number of nitrogens with zero attached hydrogens (tertiary/aromatic N) is 1. The minimum Gasteiger partial charge on any atom is -0.314 e. The van der Waals surface area contributed by atoms with Crippen molar-refractivity contribution in [2.24, 2.45) is 5.41 Å². The van der Waals surface area contributed by atoms with Gasteiger partial charge in [0, 0.05) is 31.2 Å². The average molecular weight is 264 g/mol. The molecule has 0 aromatic rings. The van der Waals surface area contributed by atoms with Gasteiger partial charge in [-0.3, -0.25) is 4.90 Å². The molecule has 3 rings (SSSR count). The van der Waals surface area contributed by atoms with Crippen LogP contribution >= 0.6 is 0 Å². The van der Waals surface area contributed by atoms with Crippen molar-refractivity contribution >= 4 is 0 Å². The summed E-state index contributed by atoms with van der Waals surface area (Å²) in [6, 6.07) is 0.835. The highest BCUT2D eigenvalue weighted by molar-refractivity contribution is 5.03. The van der Waals surface area contributed by atoms with Gasteiger partial charge in [-0.05, 0) is 31.1 Å². The van der Waals surface area contributed by atoms with E-state index in [0.29, 0.717) is 11.0 Å². The standard InChI is InChI=1S/C17H32N2/c1-16(2)9-7-4-8-15(16)19-13-12-18-14-17(19)10-5-3-6-11-17/h15,18H,3-14H2,1-2H3. The molecule has 1 atom stereocenters. The molecule has 1 aliphatic heterocycles. The van der Waals surface area contributed by atoms with E-state index in [1.54, 1.807) is 0 Å². The fraction of sp³-hybridized carbons (Fsp3) is 1.00. The fourth-order valence-electron chi connectivity index (χ4n) is 5.07. The molecule has 1 unspecified atom stereocenters. The first-order valence-electron chi connectivity index (χ1n) is 8.62. The Morgan fingerprint density at radius 1 is 0.947 bits per heavy atom. The summed E-state index contributed by atoms with van der Waals surface area (Å²) in [4.78, 5) is 2.97. The van der Waals surface area contributed by atoms with Gasteiger partial charge in [0.25, 0.3) is 0 Å². The van der Waals surface area contributed by atoms with Crippen LogP contribution in [0.1, 0.15) is 71.6 Å². The molecule has 0 radical (unpaired) electrons. The normalized spacial score (nSPS) is 35.4. The zero-order valence-corrected chi connectivity index (χ0v) is 13.0. The molecule has 0 amide bonds. The van der Waals surface area contributed by atoms with Crippen molar-refractivity contribution in [3.8, 4) is 0 Å². The van der Waals surface area contributed by atoms with E-state index in [1.807, 2.05) is 0 Å². The second-order valence-corrected chi connectivity index (χ2v) is 7.91. The summed E-state index contributed by atoms with van der Waals surface area (Å²) in [6.07, 6.45) is 13.0. The van der Waals surface area contributed by atoms with Gasteiger partial charge in [0.05, 0.1) is 0 Å². The first-order valence-corrected chi connectivity index (χ1v) is 8.62. The summed E-state index contributed by atoms with van der Waals surface area (Å²) >= 11 is 0. The van der Waals surface area contributed by atoms with Crippen molar-refractivity contribution in [3.05, 3.63) is 0 Å². The molecule has 2 heteroatoms. The van der Waals surface area contributed by atoms with Crippen molar-refractivity contribution in [1.82, 2.24) is 10.2 Å². The zero-order chi connectivity index (χ0) is 13.3. The summed E-state index contributed by atoms with van der Waals surface area (Å²) in [7, 11) is 0. The summed E-state index contributed by atoms with van der Waals surface area (Å²) < 4.78 is 0. The molecule has 1 heterocycles. The van der Waals surface area contributed by atoms with E-state index in [1.165, 1.54) is 77.4 Å². The Labute approximate surface area is 119 Å². The van der Waals surface area contributed by atoms with Gasteiger partial charge < -0.3 is 5.32 Å². The van der Waals surface area contributed by atoms with Crippen LogP contribution in [-0.2, 0) is 0 Å². The SMILES string of the molecule is CC1(C)CCCCC1N1CCNCC12CCCCC2. The van der Waals surface area contributed by atoms with Crippen molar-refractivity contribution in [1.29, 1.82) is 0 Å². The molecule has 1 spiro atoms. The molecule has 2 saturated carbocycles. The van der Waals surface area contributed by atoms with E-state index in [0.717, 1.165) is 6.04 Å². The van der Waals surface area contributed by atoms with Gasteiger partial charge in [-0.15, -0.1) is 0 Å². The smallest absolute Gasteiger partial charge is 0.0337 e. The number of nitrogens with one attached hydrogen (secondary N) is 1. The number of rotatable bonds is 1. The molecule has 110 valence electrons. The Morgan fingerprint density at radius 3 is 2.42 bits per heavy atom. The molecule has 19 heavy (non-hydrogen) atoms. The Kier molecular flexibility index (Phi) is 3.92. The first-order chi connectivity index (χ1) is 9.14. The Bertz CT molecular complexity index is 296. The Morgan fingerprint density at radius 2 is 1.68 bits per heavy atom. The lowest BCUT2D eigenvalue weighted by Crippen LogP contribution is -2.67. The van der Waals surface area contributed by atoms with Crippen molar-refractivity contribution in [3.63, 3.8) is 0 Å². The highest BCUT2D eigenvalue weighted by Gasteiger charge is 2.47. The van der Waals surface area contributed by atoms with Gasteiger partial charge in [0.15, 0.2) is 0 Å². The molecular weight excluding hydrogens is 232 g/mol. The molecule has 1 N–H and O–H groups in total. The van der Waals surface area contributed by atoms with Crippen LogP contribution in [0.15, 0.2) is 0 Å². The van der Waals surface area contributed by atoms with Gasteiger partial charge in [0.2, 0.25) is 0 Å². The third-order valence-electron chi connectivity index (χ3n) is 6.20. The van der Waals surface area contributed by atoms with E-state index < -0.39 is 0 Å². The number of piperazine rings is 1. The van der Waals surface area contributed by atoms with Gasteiger partial charge in [-0.2, -0.15) is 0 Å². The molecule has 0 aromatic carbocycles. The van der Waals surface area contributed by atoms with E-state index in [4.69, 9.17) is 0 Å². The maximum Gasteiger partial charge on any atom is 0.0337 e. The molecule has 2 nitrogen and oxygen atoms in total. The summed E-state index contributed by atoms with van der Waals surface area (Å²) in [5.41, 5.74) is 1.04. The predicted octanol–water partition coefficient (Wildman–Crippen LogP) is 3.56. The quantitative estimate of drug-likeness (QED) is 0.779. The van der Waals surface area contributed by atoms with Crippen LogP contribution in [0.5, 0.6) is 0 Å². The van der Waals surface area contributed by atoms with Crippen LogP contribution < -0.4 is 5.32 Å². The summed E-state index contributed by atoms with van der Waals surface area (Å²) in [6.45, 7) is 8.78. The van der Waals surface area contributed by atoms with E-state index >= 15 is 0 Å². The van der Waals surface area contributed by atoms with Gasteiger partial charge >= 0.3 is 0 Å². The monoisotopic (exact) mass is 264 g/mol. The largest absolute Gasteiger partial charge is 0.314 e. The first kappa shape index (κ1) is 13.9. The van der Waals surface area contributed by atoms with Crippen LogP contribution in [0.25, 0.3) is 0 Å². The third-order valence-corrected chi connectivity index (χ3v) is 6.20. The maximum absolute atomic E-state index is 3.70. The van der Waals surface area contributed by atoms with Gasteiger partial charge in [-0.25, -0.2) is 0 Å². The Hall–Kier alpha value is -0.0800. The molecule has 1 saturated heterocycles.